The number of aliphatic carboxylic acids is 1. The highest BCUT2D eigenvalue weighted by Gasteiger charge is 2.59. The second-order valence-electron chi connectivity index (χ2n) is 6.19. The summed E-state index contributed by atoms with van der Waals surface area (Å²) < 4.78 is 5.35. The minimum absolute atomic E-state index is 0.123. The molecule has 0 aromatic carbocycles. The predicted molar refractivity (Wildman–Crippen MR) is 65.2 cm³/mol. The van der Waals surface area contributed by atoms with Crippen LogP contribution in [0.3, 0.4) is 0 Å². The Morgan fingerprint density at radius 2 is 1.94 bits per heavy atom. The van der Waals surface area contributed by atoms with E-state index >= 15 is 0 Å². The Kier molecular flexibility index (Phi) is 3.25. The van der Waals surface area contributed by atoms with Gasteiger partial charge in [-0.05, 0) is 39.5 Å². The van der Waals surface area contributed by atoms with Gasteiger partial charge in [-0.25, -0.2) is 4.79 Å². The van der Waals surface area contributed by atoms with Crippen LogP contribution in [-0.4, -0.2) is 40.3 Å². The van der Waals surface area contributed by atoms with E-state index in [0.29, 0.717) is 6.54 Å². The minimum Gasteiger partial charge on any atom is -0.481 e. The zero-order chi connectivity index (χ0) is 13.5. The molecule has 0 radical (unpaired) electrons. The lowest BCUT2D eigenvalue weighted by molar-refractivity contribution is -0.139. The highest BCUT2D eigenvalue weighted by atomic mass is 16.6. The van der Waals surface area contributed by atoms with Crippen LogP contribution in [0.15, 0.2) is 0 Å². The molecule has 0 aromatic heterocycles. The third-order valence-corrected chi connectivity index (χ3v) is 3.59. The van der Waals surface area contributed by atoms with Gasteiger partial charge in [-0.3, -0.25) is 4.79 Å². The molecule has 2 fully saturated rings. The molecule has 2 aliphatic rings. The average Bonchev–Trinajstić information content (AvgIpc) is 2.87. The number of hydrogen-bond acceptors (Lipinski definition) is 3. The summed E-state index contributed by atoms with van der Waals surface area (Å²) in [6, 6.07) is -0.153. The first kappa shape index (κ1) is 13.2. The number of carboxylic acids is 1. The largest absolute Gasteiger partial charge is 0.481 e. The number of rotatable bonds is 1. The fraction of sp³-hybridized carbons (Fsp3) is 0.846. The van der Waals surface area contributed by atoms with E-state index in [1.807, 2.05) is 20.8 Å². The molecular formula is C13H21NO4. The number of nitrogens with zero attached hydrogens (tertiary/aromatic N) is 1. The first-order chi connectivity index (χ1) is 8.31. The van der Waals surface area contributed by atoms with E-state index < -0.39 is 17.5 Å². The van der Waals surface area contributed by atoms with Gasteiger partial charge >= 0.3 is 12.1 Å². The first-order valence-electron chi connectivity index (χ1n) is 6.54. The van der Waals surface area contributed by atoms with Crippen molar-refractivity contribution in [1.29, 1.82) is 0 Å². The lowest BCUT2D eigenvalue weighted by Crippen LogP contribution is -2.40. The lowest BCUT2D eigenvalue weighted by atomic mass is 10.1. The van der Waals surface area contributed by atoms with E-state index in [1.54, 1.807) is 4.90 Å². The van der Waals surface area contributed by atoms with E-state index in [1.165, 1.54) is 0 Å². The van der Waals surface area contributed by atoms with Crippen LogP contribution in [0.4, 0.5) is 4.79 Å². The zero-order valence-electron chi connectivity index (χ0n) is 11.2. The quantitative estimate of drug-likeness (QED) is 0.779. The smallest absolute Gasteiger partial charge is 0.410 e. The summed E-state index contributed by atoms with van der Waals surface area (Å²) in [4.78, 5) is 24.8. The van der Waals surface area contributed by atoms with Crippen LogP contribution >= 0.6 is 0 Å². The van der Waals surface area contributed by atoms with Gasteiger partial charge in [0.25, 0.3) is 0 Å². The van der Waals surface area contributed by atoms with E-state index in [0.717, 1.165) is 19.3 Å². The van der Waals surface area contributed by atoms with Crippen molar-refractivity contribution in [3.63, 3.8) is 0 Å². The van der Waals surface area contributed by atoms with Crippen molar-refractivity contribution in [2.24, 2.45) is 11.8 Å². The number of ether oxygens (including phenoxy) is 1. The fourth-order valence-electron chi connectivity index (χ4n) is 2.81. The van der Waals surface area contributed by atoms with Crippen molar-refractivity contribution in [3.05, 3.63) is 0 Å². The van der Waals surface area contributed by atoms with Gasteiger partial charge in [-0.2, -0.15) is 0 Å². The number of carbonyl (C=O) groups is 2. The SMILES string of the molecule is CC(C)(C)OC(=O)N1CCCC[C@@H]2[C@@H](C(=O)O)[C@H]21. The van der Waals surface area contributed by atoms with E-state index in [9.17, 15) is 9.59 Å². The Morgan fingerprint density at radius 1 is 1.28 bits per heavy atom. The molecule has 3 atom stereocenters. The van der Waals surface area contributed by atoms with E-state index in [4.69, 9.17) is 9.84 Å². The molecule has 0 unspecified atom stereocenters. The summed E-state index contributed by atoms with van der Waals surface area (Å²) >= 11 is 0. The zero-order valence-corrected chi connectivity index (χ0v) is 11.2. The molecule has 1 aliphatic carbocycles. The molecule has 5 nitrogen and oxygen atoms in total. The summed E-state index contributed by atoms with van der Waals surface area (Å²) in [6.07, 6.45) is 2.45. The second-order valence-corrected chi connectivity index (χ2v) is 6.19. The van der Waals surface area contributed by atoms with Crippen molar-refractivity contribution < 1.29 is 19.4 Å². The van der Waals surface area contributed by atoms with Gasteiger partial charge in [0.1, 0.15) is 5.60 Å². The molecule has 1 N–H and O–H groups in total. The molecule has 5 heteroatoms. The van der Waals surface area contributed by atoms with Gasteiger partial charge in [0.2, 0.25) is 0 Å². The fourth-order valence-corrected chi connectivity index (χ4v) is 2.81. The maximum absolute atomic E-state index is 12.1. The standard InChI is InChI=1S/C13H21NO4/c1-13(2,3)18-12(17)14-7-5-4-6-8-9(10(8)14)11(15)16/h8-10H,4-7H2,1-3H3,(H,15,16)/t8-,9-,10+/m1/s1. The molecule has 0 aromatic rings. The molecule has 1 saturated carbocycles. The lowest BCUT2D eigenvalue weighted by Gasteiger charge is -2.27. The molecule has 18 heavy (non-hydrogen) atoms. The number of likely N-dealkylation sites (tertiary alicyclic amines) is 1. The highest BCUT2D eigenvalue weighted by Crippen LogP contribution is 2.48. The van der Waals surface area contributed by atoms with Gasteiger partial charge in [-0.15, -0.1) is 0 Å². The van der Waals surface area contributed by atoms with Gasteiger partial charge in [0.15, 0.2) is 0 Å². The predicted octanol–water partition coefficient (Wildman–Crippen LogP) is 2.11. The van der Waals surface area contributed by atoms with Gasteiger partial charge in [-0.1, -0.05) is 6.42 Å². The Balaban J connectivity index is 2.06. The molecule has 1 amide bonds. The molecule has 0 spiro atoms. The minimum atomic E-state index is -0.791. The number of carbonyl (C=O) groups excluding carboxylic acids is 1. The van der Waals surface area contributed by atoms with Crippen LogP contribution in [0.2, 0.25) is 0 Å². The molecule has 1 heterocycles. The second kappa shape index (κ2) is 4.44. The molecule has 0 bridgehead atoms. The third-order valence-electron chi connectivity index (χ3n) is 3.59. The normalized spacial score (nSPS) is 31.3. The summed E-state index contributed by atoms with van der Waals surface area (Å²) in [6.45, 7) is 6.07. The highest BCUT2D eigenvalue weighted by molar-refractivity contribution is 5.78. The van der Waals surface area contributed by atoms with Crippen molar-refractivity contribution in [2.75, 3.05) is 6.54 Å². The van der Waals surface area contributed by atoms with Crippen LogP contribution in [0.5, 0.6) is 0 Å². The number of amides is 1. The summed E-state index contributed by atoms with van der Waals surface area (Å²) in [5.74, 6) is -1.06. The van der Waals surface area contributed by atoms with Crippen LogP contribution < -0.4 is 0 Å². The molecule has 2 rings (SSSR count). The summed E-state index contributed by atoms with van der Waals surface area (Å²) in [7, 11) is 0. The van der Waals surface area contributed by atoms with E-state index in [2.05, 4.69) is 0 Å². The Hall–Kier alpha value is -1.26. The van der Waals surface area contributed by atoms with Crippen LogP contribution in [0.25, 0.3) is 0 Å². The van der Waals surface area contributed by atoms with Crippen molar-refractivity contribution in [3.8, 4) is 0 Å². The average molecular weight is 255 g/mol. The maximum Gasteiger partial charge on any atom is 0.410 e. The Labute approximate surface area is 107 Å². The van der Waals surface area contributed by atoms with Gasteiger partial charge in [0, 0.05) is 6.54 Å². The topological polar surface area (TPSA) is 66.8 Å². The van der Waals surface area contributed by atoms with Crippen LogP contribution in [0.1, 0.15) is 40.0 Å². The van der Waals surface area contributed by atoms with Crippen molar-refractivity contribution >= 4 is 12.1 Å². The van der Waals surface area contributed by atoms with E-state index in [-0.39, 0.29) is 18.1 Å². The Morgan fingerprint density at radius 3 is 2.50 bits per heavy atom. The molecular weight excluding hydrogens is 234 g/mol. The number of hydrogen-bond donors (Lipinski definition) is 1. The van der Waals surface area contributed by atoms with Crippen molar-refractivity contribution in [1.82, 2.24) is 4.90 Å². The maximum atomic E-state index is 12.1. The number of carboxylic acid groups (broad SMARTS) is 1. The Bertz CT molecular complexity index is 360. The molecule has 1 saturated heterocycles. The molecule has 102 valence electrons. The van der Waals surface area contributed by atoms with Gasteiger partial charge < -0.3 is 14.7 Å². The summed E-state index contributed by atoms with van der Waals surface area (Å²) in [5.41, 5.74) is -0.535. The monoisotopic (exact) mass is 255 g/mol. The van der Waals surface area contributed by atoms with Crippen molar-refractivity contribution in [2.45, 2.75) is 51.7 Å². The van der Waals surface area contributed by atoms with Gasteiger partial charge in [0.05, 0.1) is 12.0 Å². The first-order valence-corrected chi connectivity index (χ1v) is 6.54. The summed E-state index contributed by atoms with van der Waals surface area (Å²) in [5, 5.41) is 9.13. The number of fused-ring (bicyclic) bond motifs is 1. The third kappa shape index (κ3) is 2.60. The van der Waals surface area contributed by atoms with Crippen LogP contribution in [-0.2, 0) is 9.53 Å². The molecule has 1 aliphatic heterocycles. The van der Waals surface area contributed by atoms with Crippen LogP contribution in [0, 0.1) is 11.8 Å².